The molecule has 15 heteroatoms. The molecule has 1 N–H and O–H groups in total. The number of amides is 3. The zero-order valence-electron chi connectivity index (χ0n) is 20.0. The van der Waals surface area contributed by atoms with Crippen LogP contribution in [0.15, 0.2) is 35.2 Å². The quantitative estimate of drug-likeness (QED) is 0.377. The molecule has 0 radical (unpaired) electrons. The molecule has 0 aliphatic rings. The van der Waals surface area contributed by atoms with E-state index in [9.17, 15) is 27.4 Å². The van der Waals surface area contributed by atoms with Gasteiger partial charge in [-0.3, -0.25) is 13.8 Å². The molecule has 0 aromatic heterocycles. The molecule has 192 valence electrons. The first-order valence-electron chi connectivity index (χ1n) is 10.0. The molecule has 0 unspecified atom stereocenters. The molecule has 1 aromatic rings. The molecular weight excluding hydrogens is 493 g/mol. The van der Waals surface area contributed by atoms with Crippen LogP contribution in [0.4, 0.5) is 9.59 Å². The summed E-state index contributed by atoms with van der Waals surface area (Å²) in [5, 5.41) is 0.0384. The fourth-order valence-corrected chi connectivity index (χ4v) is 4.72. The summed E-state index contributed by atoms with van der Waals surface area (Å²) in [6, 6.07) is 5.50. The van der Waals surface area contributed by atoms with Crippen molar-refractivity contribution in [3.8, 4) is 0 Å². The number of carbonyl (C=O) groups is 3. The smallest absolute Gasteiger partial charge is 0.445 e. The number of imide groups is 1. The van der Waals surface area contributed by atoms with Gasteiger partial charge in [0.2, 0.25) is 10.0 Å². The van der Waals surface area contributed by atoms with E-state index in [1.165, 1.54) is 52.0 Å². The minimum absolute atomic E-state index is 0.0384. The number of ether oxygens (including phenoxy) is 2. The minimum Gasteiger partial charge on any atom is -0.445 e. The van der Waals surface area contributed by atoms with Gasteiger partial charge in [-0.25, -0.2) is 22.6 Å². The normalized spacial score (nSPS) is 12.9. The van der Waals surface area contributed by atoms with Crippen LogP contribution in [0.3, 0.4) is 0 Å². The van der Waals surface area contributed by atoms with Gasteiger partial charge in [-0.05, 0) is 46.8 Å². The van der Waals surface area contributed by atoms with Crippen molar-refractivity contribution in [2.24, 2.45) is 0 Å². The summed E-state index contributed by atoms with van der Waals surface area (Å²) in [6.45, 7) is 6.98. The molecule has 0 heterocycles. The van der Waals surface area contributed by atoms with Crippen molar-refractivity contribution >= 4 is 35.9 Å². The number of hydrogen-bond donors (Lipinski definition) is 1. The van der Waals surface area contributed by atoms with Crippen molar-refractivity contribution in [2.45, 2.75) is 57.8 Å². The van der Waals surface area contributed by atoms with Gasteiger partial charge in [0.15, 0.2) is 0 Å². The number of sulfonamides is 1. The van der Waals surface area contributed by atoms with Gasteiger partial charge in [-0.15, -0.1) is 9.79 Å². The number of carbonyl (C=O) groups excluding carboxylic acids is 3. The average Bonchev–Trinajstić information content (AvgIpc) is 2.75. The van der Waals surface area contributed by atoms with Gasteiger partial charge < -0.3 is 9.47 Å². The molecule has 0 fully saturated rings. The Bertz CT molecular complexity index is 1010. The maximum atomic E-state index is 13.3. The van der Waals surface area contributed by atoms with Gasteiger partial charge in [0.25, 0.3) is 5.91 Å². The molecule has 1 atom stereocenters. The molecule has 0 aliphatic carbocycles. The fourth-order valence-electron chi connectivity index (χ4n) is 2.42. The summed E-state index contributed by atoms with van der Waals surface area (Å²) in [7, 11) is -7.06. The van der Waals surface area contributed by atoms with E-state index < -0.39 is 54.1 Å². The van der Waals surface area contributed by atoms with Gasteiger partial charge in [-0.2, -0.15) is 4.72 Å². The van der Waals surface area contributed by atoms with Crippen molar-refractivity contribution in [1.29, 1.82) is 0 Å². The van der Waals surface area contributed by atoms with Gasteiger partial charge in [0, 0.05) is 14.2 Å². The molecule has 1 rings (SSSR count). The summed E-state index contributed by atoms with van der Waals surface area (Å²) in [5.74, 6) is -1.32. The molecule has 0 saturated heterocycles. The Kier molecular flexibility index (Phi) is 10.7. The lowest BCUT2D eigenvalue weighted by Crippen LogP contribution is -2.57. The predicted octanol–water partition coefficient (Wildman–Crippen LogP) is 2.89. The van der Waals surface area contributed by atoms with E-state index in [4.69, 9.17) is 18.5 Å². The van der Waals surface area contributed by atoms with Crippen LogP contribution in [0.25, 0.3) is 0 Å². The lowest BCUT2D eigenvalue weighted by molar-refractivity contribution is -0.140. The van der Waals surface area contributed by atoms with E-state index in [-0.39, 0.29) is 14.7 Å². The van der Waals surface area contributed by atoms with Crippen LogP contribution in [-0.2, 0) is 37.9 Å². The maximum absolute atomic E-state index is 13.3. The Morgan fingerprint density at radius 3 is 1.79 bits per heavy atom. The van der Waals surface area contributed by atoms with E-state index >= 15 is 0 Å². The maximum Gasteiger partial charge on any atom is 0.459 e. The largest absolute Gasteiger partial charge is 0.459 e. The highest BCUT2D eigenvalue weighted by molar-refractivity contribution is 7.89. The highest BCUT2D eigenvalue weighted by atomic mass is 32.2. The molecule has 0 bridgehead atoms. The zero-order chi connectivity index (χ0) is 26.3. The van der Waals surface area contributed by atoms with Gasteiger partial charge >= 0.3 is 19.9 Å². The van der Waals surface area contributed by atoms with E-state index in [1.54, 1.807) is 6.07 Å². The average molecular weight is 524 g/mol. The highest BCUT2D eigenvalue weighted by Crippen LogP contribution is 2.52. The zero-order valence-corrected chi connectivity index (χ0v) is 21.7. The van der Waals surface area contributed by atoms with Crippen LogP contribution in [0.2, 0.25) is 0 Å². The first-order valence-corrected chi connectivity index (χ1v) is 13.0. The van der Waals surface area contributed by atoms with Gasteiger partial charge in [0.05, 0.1) is 17.1 Å². The van der Waals surface area contributed by atoms with Gasteiger partial charge in [-0.1, -0.05) is 18.2 Å². The van der Waals surface area contributed by atoms with Crippen molar-refractivity contribution < 1.29 is 45.9 Å². The Morgan fingerprint density at radius 1 is 0.882 bits per heavy atom. The SMILES string of the molecule is COP(=O)(OC)N(C(=O)OC(C)C)N(C(=O)OC(C)C)C(=O)[C@H](C)NS(=O)(=O)c1ccccc1. The number of nitrogens with one attached hydrogen (secondary N) is 1. The van der Waals surface area contributed by atoms with Crippen LogP contribution in [0, 0.1) is 0 Å². The number of nitrogens with zero attached hydrogens (tertiary/aromatic N) is 2. The Labute approximate surface area is 198 Å². The monoisotopic (exact) mass is 523 g/mol. The predicted molar refractivity (Wildman–Crippen MR) is 120 cm³/mol. The van der Waals surface area contributed by atoms with Crippen LogP contribution in [0.5, 0.6) is 0 Å². The number of benzene rings is 1. The van der Waals surface area contributed by atoms with Crippen molar-refractivity contribution in [2.75, 3.05) is 14.2 Å². The lowest BCUT2D eigenvalue weighted by Gasteiger charge is -2.35. The number of hydrazine groups is 1. The Morgan fingerprint density at radius 2 is 1.35 bits per heavy atom. The van der Waals surface area contributed by atoms with E-state index in [1.807, 2.05) is 0 Å². The summed E-state index contributed by atoms with van der Waals surface area (Å²) in [4.78, 5) is 38.8. The van der Waals surface area contributed by atoms with Crippen LogP contribution in [-0.4, -0.2) is 68.8 Å². The first kappa shape index (κ1) is 29.5. The van der Waals surface area contributed by atoms with Crippen LogP contribution < -0.4 is 4.72 Å². The topological polar surface area (TPSA) is 158 Å². The third-order valence-electron chi connectivity index (χ3n) is 3.86. The van der Waals surface area contributed by atoms with E-state index in [2.05, 4.69) is 4.72 Å². The Balaban J connectivity index is 3.53. The minimum atomic E-state index is -4.67. The molecule has 0 aliphatic heterocycles. The van der Waals surface area contributed by atoms with Crippen molar-refractivity contribution in [1.82, 2.24) is 14.5 Å². The van der Waals surface area contributed by atoms with E-state index in [0.717, 1.165) is 21.1 Å². The van der Waals surface area contributed by atoms with Crippen molar-refractivity contribution in [3.63, 3.8) is 0 Å². The standard InChI is InChI=1S/C19H30N3O10PS/c1-13(2)31-18(24)21(22(19(25)32-14(3)4)33(26,29-6)30-7)17(23)15(5)20-34(27,28)16-11-9-8-10-12-16/h8-15,20H,1-7H3/t15-/m0/s1. The second-order valence-corrected chi connectivity index (χ2v) is 11.1. The molecule has 34 heavy (non-hydrogen) atoms. The second-order valence-electron chi connectivity index (χ2n) is 7.29. The summed E-state index contributed by atoms with van der Waals surface area (Å²) in [5.41, 5.74) is 0. The van der Waals surface area contributed by atoms with Crippen LogP contribution in [0.1, 0.15) is 34.6 Å². The van der Waals surface area contributed by atoms with Crippen LogP contribution >= 0.6 is 7.75 Å². The summed E-state index contributed by atoms with van der Waals surface area (Å²) < 4.78 is 60.3. The Hall–Kier alpha value is -2.51. The first-order chi connectivity index (χ1) is 15.7. The second kappa shape index (κ2) is 12.3. The van der Waals surface area contributed by atoms with Gasteiger partial charge in [0.1, 0.15) is 6.04 Å². The molecule has 0 spiro atoms. The molecule has 13 nitrogen and oxygen atoms in total. The fraction of sp³-hybridized carbons (Fsp3) is 0.526. The lowest BCUT2D eigenvalue weighted by atomic mass is 10.3. The van der Waals surface area contributed by atoms with Crippen molar-refractivity contribution in [3.05, 3.63) is 30.3 Å². The molecule has 3 amide bonds. The summed E-state index contributed by atoms with van der Waals surface area (Å²) >= 11 is 0. The number of rotatable bonds is 9. The summed E-state index contributed by atoms with van der Waals surface area (Å²) in [6.07, 6.45) is -4.41. The highest BCUT2D eigenvalue weighted by Gasteiger charge is 2.49. The third kappa shape index (κ3) is 7.50. The molecule has 1 aromatic carbocycles. The number of hydrogen-bond acceptors (Lipinski definition) is 10. The molecular formula is C19H30N3O10PS. The molecule has 0 saturated carbocycles. The third-order valence-corrected chi connectivity index (χ3v) is 7.14. The van der Waals surface area contributed by atoms with E-state index in [0.29, 0.717) is 0 Å².